The van der Waals surface area contributed by atoms with Gasteiger partial charge in [-0.3, -0.25) is 9.78 Å². The highest BCUT2D eigenvalue weighted by atomic mass is 16.5. The van der Waals surface area contributed by atoms with Crippen molar-refractivity contribution in [1.82, 2.24) is 15.2 Å². The van der Waals surface area contributed by atoms with Crippen LogP contribution in [-0.4, -0.2) is 33.7 Å². The molecule has 8 heteroatoms. The summed E-state index contributed by atoms with van der Waals surface area (Å²) in [7, 11) is 0. The highest BCUT2D eigenvalue weighted by Crippen LogP contribution is 2.11. The average molecular weight is 276 g/mol. The van der Waals surface area contributed by atoms with Gasteiger partial charge in [-0.05, 0) is 31.2 Å². The first-order valence-electron chi connectivity index (χ1n) is 5.83. The van der Waals surface area contributed by atoms with Crippen molar-refractivity contribution in [3.05, 3.63) is 46.1 Å². The van der Waals surface area contributed by atoms with Crippen LogP contribution in [-0.2, 0) is 4.74 Å². The Morgan fingerprint density at radius 2 is 2.00 bits per heavy atom. The lowest BCUT2D eigenvalue weighted by Gasteiger charge is -2.04. The summed E-state index contributed by atoms with van der Waals surface area (Å²) in [6, 6.07) is 6.16. The van der Waals surface area contributed by atoms with Crippen molar-refractivity contribution >= 4 is 17.6 Å². The van der Waals surface area contributed by atoms with Crippen LogP contribution in [0, 0.1) is 0 Å². The van der Waals surface area contributed by atoms with Gasteiger partial charge in [0.15, 0.2) is 0 Å². The van der Waals surface area contributed by atoms with Gasteiger partial charge >= 0.3 is 11.7 Å². The van der Waals surface area contributed by atoms with Gasteiger partial charge in [-0.15, -0.1) is 5.10 Å². The molecule has 0 fully saturated rings. The van der Waals surface area contributed by atoms with Crippen LogP contribution in [0.2, 0.25) is 0 Å². The summed E-state index contributed by atoms with van der Waals surface area (Å²) < 4.78 is 4.84. The molecule has 2 rings (SSSR count). The summed E-state index contributed by atoms with van der Waals surface area (Å²) in [5.74, 6) is -1.11. The number of nitrogens with one attached hydrogen (secondary N) is 3. The number of benzene rings is 1. The fourth-order valence-corrected chi connectivity index (χ4v) is 1.47. The topological polar surface area (TPSA) is 117 Å². The Morgan fingerprint density at radius 3 is 2.55 bits per heavy atom. The number of nitrogens with zero attached hydrogens (tertiary/aromatic N) is 1. The van der Waals surface area contributed by atoms with Gasteiger partial charge in [0, 0.05) is 5.69 Å². The molecule has 0 saturated carbocycles. The van der Waals surface area contributed by atoms with E-state index < -0.39 is 17.6 Å². The van der Waals surface area contributed by atoms with Crippen molar-refractivity contribution in [1.29, 1.82) is 0 Å². The van der Waals surface area contributed by atoms with Crippen molar-refractivity contribution in [3.63, 3.8) is 0 Å². The molecule has 3 N–H and O–H groups in total. The number of esters is 1. The molecular formula is C12H12N4O4. The number of ether oxygens (including phenoxy) is 1. The fraction of sp³-hybridized carbons (Fsp3) is 0.167. The van der Waals surface area contributed by atoms with E-state index in [0.29, 0.717) is 17.9 Å². The Bertz CT molecular complexity index is 671. The molecule has 1 amide bonds. The van der Waals surface area contributed by atoms with Crippen molar-refractivity contribution in [2.24, 2.45) is 0 Å². The Hall–Kier alpha value is -2.90. The molecule has 0 saturated heterocycles. The number of rotatable bonds is 4. The largest absolute Gasteiger partial charge is 0.462 e. The quantitative estimate of drug-likeness (QED) is 0.704. The molecule has 0 aliphatic carbocycles. The number of carbonyl (C=O) groups is 2. The predicted molar refractivity (Wildman–Crippen MR) is 69.6 cm³/mol. The average Bonchev–Trinajstić information content (AvgIpc) is 2.86. The van der Waals surface area contributed by atoms with Crippen molar-refractivity contribution < 1.29 is 14.3 Å². The zero-order chi connectivity index (χ0) is 14.5. The smallest absolute Gasteiger partial charge is 0.341 e. The molecule has 0 aliphatic rings. The van der Waals surface area contributed by atoms with E-state index in [1.165, 1.54) is 12.1 Å². The van der Waals surface area contributed by atoms with E-state index in [0.717, 1.165) is 0 Å². The van der Waals surface area contributed by atoms with Crippen LogP contribution in [0.3, 0.4) is 0 Å². The standard InChI is InChI=1S/C12H12N4O4/c1-2-20-11(18)7-3-5-8(6-4-7)13-10(17)9-14-12(19)16-15-9/h3-6H,2H2,1H3,(H,13,17)(H2,14,15,16,19). The number of hydrogen-bond donors (Lipinski definition) is 3. The van der Waals surface area contributed by atoms with Crippen LogP contribution < -0.4 is 11.0 Å². The normalized spacial score (nSPS) is 10.1. The van der Waals surface area contributed by atoms with E-state index >= 15 is 0 Å². The first-order chi connectivity index (χ1) is 9.60. The van der Waals surface area contributed by atoms with Gasteiger partial charge < -0.3 is 10.1 Å². The first-order valence-corrected chi connectivity index (χ1v) is 5.83. The van der Waals surface area contributed by atoms with Crippen LogP contribution in [0.1, 0.15) is 27.9 Å². The number of hydrogen-bond acceptors (Lipinski definition) is 5. The molecule has 104 valence electrons. The highest BCUT2D eigenvalue weighted by molar-refractivity contribution is 6.01. The summed E-state index contributed by atoms with van der Waals surface area (Å²) >= 11 is 0. The summed E-state index contributed by atoms with van der Waals surface area (Å²) in [6.07, 6.45) is 0. The second-order valence-electron chi connectivity index (χ2n) is 3.78. The van der Waals surface area contributed by atoms with Crippen molar-refractivity contribution in [2.75, 3.05) is 11.9 Å². The van der Waals surface area contributed by atoms with E-state index in [4.69, 9.17) is 4.74 Å². The third-order valence-corrected chi connectivity index (χ3v) is 2.37. The van der Waals surface area contributed by atoms with Crippen molar-refractivity contribution in [3.8, 4) is 0 Å². The lowest BCUT2D eigenvalue weighted by atomic mass is 10.2. The zero-order valence-electron chi connectivity index (χ0n) is 10.6. The minimum Gasteiger partial charge on any atom is -0.462 e. The summed E-state index contributed by atoms with van der Waals surface area (Å²) in [6.45, 7) is 2.01. The maximum atomic E-state index is 11.7. The number of anilines is 1. The molecule has 0 atom stereocenters. The molecule has 0 bridgehead atoms. The Kier molecular flexibility index (Phi) is 3.94. The lowest BCUT2D eigenvalue weighted by Crippen LogP contribution is -2.15. The molecule has 0 spiro atoms. The second-order valence-corrected chi connectivity index (χ2v) is 3.78. The van der Waals surface area contributed by atoms with Crippen LogP contribution in [0.15, 0.2) is 29.1 Å². The number of carbonyl (C=O) groups excluding carboxylic acids is 2. The Balaban J connectivity index is 2.05. The molecule has 0 aliphatic heterocycles. The minimum absolute atomic E-state index is 0.121. The Morgan fingerprint density at radius 1 is 1.30 bits per heavy atom. The molecule has 0 unspecified atom stereocenters. The van der Waals surface area contributed by atoms with E-state index in [-0.39, 0.29) is 5.82 Å². The first kappa shape index (κ1) is 13.5. The minimum atomic E-state index is -0.563. The maximum Gasteiger partial charge on any atom is 0.341 e. The molecule has 2 aromatic rings. The highest BCUT2D eigenvalue weighted by Gasteiger charge is 2.11. The van der Waals surface area contributed by atoms with Gasteiger partial charge in [0.2, 0.25) is 5.82 Å². The number of aromatic amines is 2. The second kappa shape index (κ2) is 5.83. The molecule has 1 heterocycles. The van der Waals surface area contributed by atoms with E-state index in [9.17, 15) is 14.4 Å². The van der Waals surface area contributed by atoms with Crippen molar-refractivity contribution in [2.45, 2.75) is 6.92 Å². The number of aromatic nitrogens is 3. The third kappa shape index (κ3) is 3.10. The maximum absolute atomic E-state index is 11.7. The molecule has 8 nitrogen and oxygen atoms in total. The van der Waals surface area contributed by atoms with Crippen LogP contribution in [0.4, 0.5) is 5.69 Å². The molecule has 1 aromatic carbocycles. The number of H-pyrrole nitrogens is 2. The molecule has 0 radical (unpaired) electrons. The molecule has 20 heavy (non-hydrogen) atoms. The zero-order valence-corrected chi connectivity index (χ0v) is 10.6. The van der Waals surface area contributed by atoms with Crippen LogP contribution in [0.25, 0.3) is 0 Å². The lowest BCUT2D eigenvalue weighted by molar-refractivity contribution is 0.0526. The number of amides is 1. The van der Waals surface area contributed by atoms with Gasteiger partial charge in [-0.25, -0.2) is 14.7 Å². The predicted octanol–water partition coefficient (Wildman–Crippen LogP) is 0.527. The SMILES string of the molecule is CCOC(=O)c1ccc(NC(=O)c2n[nH]c(=O)[nH]2)cc1. The third-order valence-electron chi connectivity index (χ3n) is 2.37. The van der Waals surface area contributed by atoms with Gasteiger partial charge in [0.05, 0.1) is 12.2 Å². The van der Waals surface area contributed by atoms with Gasteiger partial charge in [0.1, 0.15) is 0 Å². The van der Waals surface area contributed by atoms with Crippen LogP contribution in [0.5, 0.6) is 0 Å². The van der Waals surface area contributed by atoms with E-state index in [1.54, 1.807) is 19.1 Å². The Labute approximate surface area is 113 Å². The van der Waals surface area contributed by atoms with Gasteiger partial charge in [0.25, 0.3) is 5.91 Å². The summed E-state index contributed by atoms with van der Waals surface area (Å²) in [4.78, 5) is 36.2. The summed E-state index contributed by atoms with van der Waals surface area (Å²) in [5.41, 5.74) is 0.290. The summed E-state index contributed by atoms with van der Waals surface area (Å²) in [5, 5.41) is 8.12. The fourth-order valence-electron chi connectivity index (χ4n) is 1.47. The molecule has 1 aromatic heterocycles. The van der Waals surface area contributed by atoms with E-state index in [1.807, 2.05) is 0 Å². The molecular weight excluding hydrogens is 264 g/mol. The van der Waals surface area contributed by atoms with Crippen LogP contribution >= 0.6 is 0 Å². The van der Waals surface area contributed by atoms with E-state index in [2.05, 4.69) is 20.5 Å². The van der Waals surface area contributed by atoms with Gasteiger partial charge in [-0.1, -0.05) is 0 Å². The monoisotopic (exact) mass is 276 g/mol. The van der Waals surface area contributed by atoms with Gasteiger partial charge in [-0.2, -0.15) is 0 Å².